The molecule has 0 radical (unpaired) electrons. The molecule has 1 aliphatic carbocycles. The van der Waals surface area contributed by atoms with E-state index in [1.54, 1.807) is 0 Å². The number of fused-ring (bicyclic) bond motifs is 1. The molecule has 0 aromatic heterocycles. The van der Waals surface area contributed by atoms with Crippen molar-refractivity contribution in [3.05, 3.63) is 23.8 Å². The number of nitrogens with zero attached hydrogens (tertiary/aromatic N) is 1. The van der Waals surface area contributed by atoms with Crippen LogP contribution in [-0.4, -0.2) is 37.2 Å². The second kappa shape index (κ2) is 6.24. The number of hydrogen-bond acceptors (Lipinski definition) is 4. The molecule has 0 bridgehead atoms. The van der Waals surface area contributed by atoms with E-state index in [1.165, 1.54) is 19.4 Å². The third-order valence-corrected chi connectivity index (χ3v) is 4.35. The summed E-state index contributed by atoms with van der Waals surface area (Å²) >= 11 is 0. The fourth-order valence-corrected chi connectivity index (χ4v) is 2.78. The SMILES string of the molecule is CC(C)N(CC1CC1)CC(N)c1ccc2c(c1)OCCO2. The standard InChI is InChI=1S/C17H26N2O2/c1-12(2)19(10-13-3-4-13)11-15(18)14-5-6-16-17(9-14)21-8-7-20-16/h5-6,9,12-13,15H,3-4,7-8,10-11,18H2,1-2H3. The molecule has 2 N–H and O–H groups in total. The minimum atomic E-state index is 0.0157. The van der Waals surface area contributed by atoms with E-state index in [4.69, 9.17) is 15.2 Å². The highest BCUT2D eigenvalue weighted by Crippen LogP contribution is 2.33. The van der Waals surface area contributed by atoms with E-state index < -0.39 is 0 Å². The van der Waals surface area contributed by atoms with Gasteiger partial charge >= 0.3 is 0 Å². The second-order valence-corrected chi connectivity index (χ2v) is 6.50. The van der Waals surface area contributed by atoms with Crippen LogP contribution in [0.25, 0.3) is 0 Å². The topological polar surface area (TPSA) is 47.7 Å². The lowest BCUT2D eigenvalue weighted by atomic mass is 10.1. The molecule has 1 saturated carbocycles. The fraction of sp³-hybridized carbons (Fsp3) is 0.647. The maximum atomic E-state index is 6.42. The Kier molecular flexibility index (Phi) is 4.36. The van der Waals surface area contributed by atoms with Crippen molar-refractivity contribution in [2.75, 3.05) is 26.3 Å². The number of hydrogen-bond donors (Lipinski definition) is 1. The molecule has 116 valence electrons. The highest BCUT2D eigenvalue weighted by atomic mass is 16.6. The molecule has 1 aromatic carbocycles. The summed E-state index contributed by atoms with van der Waals surface area (Å²) in [4.78, 5) is 2.50. The largest absolute Gasteiger partial charge is 0.486 e. The molecule has 1 atom stereocenters. The van der Waals surface area contributed by atoms with Crippen LogP contribution in [0.4, 0.5) is 0 Å². The van der Waals surface area contributed by atoms with Gasteiger partial charge in [0.1, 0.15) is 13.2 Å². The molecule has 2 aliphatic rings. The van der Waals surface area contributed by atoms with Crippen LogP contribution in [-0.2, 0) is 0 Å². The predicted molar refractivity (Wildman–Crippen MR) is 83.8 cm³/mol. The van der Waals surface area contributed by atoms with Crippen LogP contribution < -0.4 is 15.2 Å². The molecule has 1 aromatic rings. The number of nitrogens with two attached hydrogens (primary N) is 1. The predicted octanol–water partition coefficient (Wildman–Crippen LogP) is 2.58. The maximum absolute atomic E-state index is 6.42. The van der Waals surface area contributed by atoms with Gasteiger partial charge in [-0.1, -0.05) is 6.07 Å². The molecule has 1 fully saturated rings. The van der Waals surface area contributed by atoms with E-state index in [0.29, 0.717) is 19.3 Å². The minimum absolute atomic E-state index is 0.0157. The van der Waals surface area contributed by atoms with Gasteiger partial charge in [-0.05, 0) is 50.3 Å². The summed E-state index contributed by atoms with van der Waals surface area (Å²) in [6.45, 7) is 7.81. The van der Waals surface area contributed by atoms with Crippen LogP contribution in [0.15, 0.2) is 18.2 Å². The van der Waals surface area contributed by atoms with Crippen LogP contribution in [0.2, 0.25) is 0 Å². The van der Waals surface area contributed by atoms with Crippen LogP contribution in [0, 0.1) is 5.92 Å². The summed E-state index contributed by atoms with van der Waals surface area (Å²) in [5.74, 6) is 2.54. The summed E-state index contributed by atoms with van der Waals surface area (Å²) in [5, 5.41) is 0. The zero-order valence-corrected chi connectivity index (χ0v) is 13.0. The maximum Gasteiger partial charge on any atom is 0.161 e. The second-order valence-electron chi connectivity index (χ2n) is 6.50. The summed E-state index contributed by atoms with van der Waals surface area (Å²) < 4.78 is 11.2. The first-order chi connectivity index (χ1) is 10.1. The molecule has 3 rings (SSSR count). The lowest BCUT2D eigenvalue weighted by Crippen LogP contribution is -2.38. The zero-order valence-electron chi connectivity index (χ0n) is 13.0. The molecule has 1 unspecified atom stereocenters. The summed E-state index contributed by atoms with van der Waals surface area (Å²) in [7, 11) is 0. The molecular weight excluding hydrogens is 264 g/mol. The Morgan fingerprint density at radius 3 is 2.57 bits per heavy atom. The minimum Gasteiger partial charge on any atom is -0.486 e. The van der Waals surface area contributed by atoms with Crippen molar-refractivity contribution in [2.45, 2.75) is 38.8 Å². The van der Waals surface area contributed by atoms with Gasteiger partial charge in [-0.2, -0.15) is 0 Å². The molecule has 4 nitrogen and oxygen atoms in total. The Morgan fingerprint density at radius 2 is 1.90 bits per heavy atom. The van der Waals surface area contributed by atoms with Crippen LogP contribution in [0.3, 0.4) is 0 Å². The van der Waals surface area contributed by atoms with E-state index in [0.717, 1.165) is 29.5 Å². The molecule has 21 heavy (non-hydrogen) atoms. The van der Waals surface area contributed by atoms with Gasteiger partial charge in [0.05, 0.1) is 0 Å². The van der Waals surface area contributed by atoms with Crippen molar-refractivity contribution in [3.63, 3.8) is 0 Å². The monoisotopic (exact) mass is 290 g/mol. The zero-order chi connectivity index (χ0) is 14.8. The Labute approximate surface area is 127 Å². The number of ether oxygens (including phenoxy) is 2. The molecule has 4 heteroatoms. The molecule has 1 heterocycles. The Balaban J connectivity index is 1.67. The third kappa shape index (κ3) is 3.69. The first kappa shape index (κ1) is 14.7. The van der Waals surface area contributed by atoms with Gasteiger partial charge in [0, 0.05) is 25.2 Å². The van der Waals surface area contributed by atoms with Gasteiger partial charge in [-0.3, -0.25) is 4.90 Å². The fourth-order valence-electron chi connectivity index (χ4n) is 2.78. The first-order valence-corrected chi connectivity index (χ1v) is 8.02. The first-order valence-electron chi connectivity index (χ1n) is 8.02. The van der Waals surface area contributed by atoms with Gasteiger partial charge in [0.15, 0.2) is 11.5 Å². The van der Waals surface area contributed by atoms with E-state index in [-0.39, 0.29) is 6.04 Å². The van der Waals surface area contributed by atoms with Crippen molar-refractivity contribution < 1.29 is 9.47 Å². The highest BCUT2D eigenvalue weighted by molar-refractivity contribution is 5.44. The van der Waals surface area contributed by atoms with E-state index in [9.17, 15) is 0 Å². The van der Waals surface area contributed by atoms with E-state index >= 15 is 0 Å². The van der Waals surface area contributed by atoms with Crippen LogP contribution in [0.1, 0.15) is 38.3 Å². The van der Waals surface area contributed by atoms with Gasteiger partial charge in [-0.15, -0.1) is 0 Å². The average molecular weight is 290 g/mol. The number of benzene rings is 1. The van der Waals surface area contributed by atoms with Gasteiger partial charge in [0.25, 0.3) is 0 Å². The smallest absolute Gasteiger partial charge is 0.161 e. The summed E-state index contributed by atoms with van der Waals surface area (Å²) in [6.07, 6.45) is 2.75. The van der Waals surface area contributed by atoms with Crippen LogP contribution in [0.5, 0.6) is 11.5 Å². The molecule has 1 aliphatic heterocycles. The Morgan fingerprint density at radius 1 is 1.19 bits per heavy atom. The van der Waals surface area contributed by atoms with E-state index in [2.05, 4.69) is 24.8 Å². The Hall–Kier alpha value is -1.26. The molecule has 0 amide bonds. The molecular formula is C17H26N2O2. The van der Waals surface area contributed by atoms with Crippen molar-refractivity contribution in [2.24, 2.45) is 11.7 Å². The normalized spacial score (nSPS) is 19.1. The van der Waals surface area contributed by atoms with Crippen molar-refractivity contribution in [1.82, 2.24) is 4.90 Å². The average Bonchev–Trinajstić information content (AvgIpc) is 3.30. The highest BCUT2D eigenvalue weighted by Gasteiger charge is 2.26. The number of rotatable bonds is 6. The van der Waals surface area contributed by atoms with Crippen molar-refractivity contribution in [1.29, 1.82) is 0 Å². The Bertz CT molecular complexity index is 486. The van der Waals surface area contributed by atoms with Gasteiger partial charge < -0.3 is 15.2 Å². The van der Waals surface area contributed by atoms with Gasteiger partial charge in [-0.25, -0.2) is 0 Å². The summed E-state index contributed by atoms with van der Waals surface area (Å²) in [6, 6.07) is 6.63. The lowest BCUT2D eigenvalue weighted by molar-refractivity contribution is 0.170. The summed E-state index contributed by atoms with van der Waals surface area (Å²) in [5.41, 5.74) is 7.55. The third-order valence-electron chi connectivity index (χ3n) is 4.35. The van der Waals surface area contributed by atoms with Crippen molar-refractivity contribution >= 4 is 0 Å². The molecule has 0 saturated heterocycles. The van der Waals surface area contributed by atoms with Crippen LogP contribution >= 0.6 is 0 Å². The van der Waals surface area contributed by atoms with Gasteiger partial charge in [0.2, 0.25) is 0 Å². The molecule has 0 spiro atoms. The lowest BCUT2D eigenvalue weighted by Gasteiger charge is -2.30. The van der Waals surface area contributed by atoms with Crippen molar-refractivity contribution in [3.8, 4) is 11.5 Å². The van der Waals surface area contributed by atoms with E-state index in [1.807, 2.05) is 12.1 Å². The quantitative estimate of drug-likeness (QED) is 0.875.